The fourth-order valence-corrected chi connectivity index (χ4v) is 2.59. The van der Waals surface area contributed by atoms with Crippen molar-refractivity contribution in [3.8, 4) is 0 Å². The molecule has 0 bridgehead atoms. The standard InChI is InChI=1S/C17H21N3O5/c1-2-20-10-12(9-14(20)21)17(25)19-13-5-3-11(4-6-13)16(24)18-8-7-15(22)23/h3-6,12H,2,7-10H2,1H3,(H,18,24)(H,19,25)(H,22,23). The van der Waals surface area contributed by atoms with Gasteiger partial charge in [-0.05, 0) is 31.2 Å². The minimum absolute atomic E-state index is 0.0176. The first-order valence-electron chi connectivity index (χ1n) is 8.09. The minimum atomic E-state index is -0.981. The predicted molar refractivity (Wildman–Crippen MR) is 90.0 cm³/mol. The SMILES string of the molecule is CCN1CC(C(=O)Nc2ccc(C(=O)NCCC(=O)O)cc2)CC1=O. The van der Waals surface area contributed by atoms with Gasteiger partial charge in [0, 0.05) is 37.3 Å². The Morgan fingerprint density at radius 1 is 1.24 bits per heavy atom. The van der Waals surface area contributed by atoms with Gasteiger partial charge in [0.2, 0.25) is 11.8 Å². The highest BCUT2D eigenvalue weighted by atomic mass is 16.4. The molecule has 1 aliphatic rings. The zero-order valence-electron chi connectivity index (χ0n) is 13.9. The smallest absolute Gasteiger partial charge is 0.305 e. The number of likely N-dealkylation sites (tertiary alicyclic amines) is 1. The van der Waals surface area contributed by atoms with E-state index in [1.165, 1.54) is 0 Å². The first-order valence-corrected chi connectivity index (χ1v) is 8.09. The van der Waals surface area contributed by atoms with E-state index in [1.54, 1.807) is 29.2 Å². The lowest BCUT2D eigenvalue weighted by molar-refractivity contribution is -0.136. The van der Waals surface area contributed by atoms with Gasteiger partial charge in [0.1, 0.15) is 0 Å². The van der Waals surface area contributed by atoms with E-state index in [1.807, 2.05) is 6.92 Å². The zero-order chi connectivity index (χ0) is 18.4. The van der Waals surface area contributed by atoms with Gasteiger partial charge in [-0.25, -0.2) is 0 Å². The molecule has 25 heavy (non-hydrogen) atoms. The highest BCUT2D eigenvalue weighted by Crippen LogP contribution is 2.19. The number of nitrogens with one attached hydrogen (secondary N) is 2. The molecule has 0 saturated carbocycles. The molecule has 1 atom stereocenters. The van der Waals surface area contributed by atoms with Crippen molar-refractivity contribution in [3.05, 3.63) is 29.8 Å². The van der Waals surface area contributed by atoms with E-state index in [2.05, 4.69) is 10.6 Å². The van der Waals surface area contributed by atoms with Crippen LogP contribution in [0.15, 0.2) is 24.3 Å². The number of carbonyl (C=O) groups is 4. The van der Waals surface area contributed by atoms with E-state index < -0.39 is 5.97 Å². The molecule has 1 saturated heterocycles. The van der Waals surface area contributed by atoms with Crippen molar-refractivity contribution in [2.45, 2.75) is 19.8 Å². The second-order valence-electron chi connectivity index (χ2n) is 5.80. The van der Waals surface area contributed by atoms with E-state index in [9.17, 15) is 19.2 Å². The molecule has 1 fully saturated rings. The number of nitrogens with zero attached hydrogens (tertiary/aromatic N) is 1. The highest BCUT2D eigenvalue weighted by Gasteiger charge is 2.33. The van der Waals surface area contributed by atoms with Gasteiger partial charge in [-0.3, -0.25) is 19.2 Å². The summed E-state index contributed by atoms with van der Waals surface area (Å²) in [4.78, 5) is 47.8. The Morgan fingerprint density at radius 2 is 1.92 bits per heavy atom. The van der Waals surface area contributed by atoms with Gasteiger partial charge in [-0.15, -0.1) is 0 Å². The summed E-state index contributed by atoms with van der Waals surface area (Å²) in [5, 5.41) is 13.8. The van der Waals surface area contributed by atoms with Crippen LogP contribution in [-0.2, 0) is 14.4 Å². The van der Waals surface area contributed by atoms with Crippen LogP contribution in [0.1, 0.15) is 30.1 Å². The van der Waals surface area contributed by atoms with Crippen molar-refractivity contribution in [2.75, 3.05) is 25.0 Å². The molecule has 1 aromatic carbocycles. The van der Waals surface area contributed by atoms with Gasteiger partial charge in [-0.2, -0.15) is 0 Å². The molecule has 0 radical (unpaired) electrons. The van der Waals surface area contributed by atoms with Crippen molar-refractivity contribution in [3.63, 3.8) is 0 Å². The summed E-state index contributed by atoms with van der Waals surface area (Å²) >= 11 is 0. The molecule has 1 unspecified atom stereocenters. The first kappa shape index (κ1) is 18.4. The van der Waals surface area contributed by atoms with Crippen LogP contribution < -0.4 is 10.6 Å². The Balaban J connectivity index is 1.87. The molecule has 0 aliphatic carbocycles. The Labute approximate surface area is 145 Å². The van der Waals surface area contributed by atoms with Gasteiger partial charge in [0.05, 0.1) is 12.3 Å². The number of carboxylic acid groups (broad SMARTS) is 1. The van der Waals surface area contributed by atoms with E-state index >= 15 is 0 Å². The van der Waals surface area contributed by atoms with Crippen molar-refractivity contribution in [1.82, 2.24) is 10.2 Å². The van der Waals surface area contributed by atoms with E-state index in [0.29, 0.717) is 24.3 Å². The number of anilines is 1. The predicted octanol–water partition coefficient (Wildman–Crippen LogP) is 0.698. The molecule has 1 heterocycles. The lowest BCUT2D eigenvalue weighted by atomic mass is 10.1. The third kappa shape index (κ3) is 5.03. The summed E-state index contributed by atoms with van der Waals surface area (Å²) in [6.45, 7) is 2.94. The molecule has 2 rings (SSSR count). The van der Waals surface area contributed by atoms with E-state index in [-0.39, 0.29) is 43.0 Å². The topological polar surface area (TPSA) is 116 Å². The van der Waals surface area contributed by atoms with Gasteiger partial charge >= 0.3 is 5.97 Å². The molecule has 0 spiro atoms. The summed E-state index contributed by atoms with van der Waals surface area (Å²) in [5.41, 5.74) is 0.908. The van der Waals surface area contributed by atoms with Crippen LogP contribution >= 0.6 is 0 Å². The average Bonchev–Trinajstić information content (AvgIpc) is 2.96. The maximum absolute atomic E-state index is 12.2. The third-order valence-corrected chi connectivity index (χ3v) is 4.01. The number of amides is 3. The quantitative estimate of drug-likeness (QED) is 0.671. The monoisotopic (exact) mass is 347 g/mol. The van der Waals surface area contributed by atoms with Gasteiger partial charge < -0.3 is 20.6 Å². The van der Waals surface area contributed by atoms with Crippen molar-refractivity contribution >= 4 is 29.4 Å². The zero-order valence-corrected chi connectivity index (χ0v) is 13.9. The molecule has 3 N–H and O–H groups in total. The second kappa shape index (κ2) is 8.27. The first-order chi connectivity index (χ1) is 11.9. The summed E-state index contributed by atoms with van der Waals surface area (Å²) in [6.07, 6.45) is 0.0680. The number of carbonyl (C=O) groups excluding carboxylic acids is 3. The average molecular weight is 347 g/mol. The largest absolute Gasteiger partial charge is 0.481 e. The Bertz CT molecular complexity index is 671. The van der Waals surface area contributed by atoms with Crippen LogP contribution in [0.5, 0.6) is 0 Å². The number of aliphatic carboxylic acids is 1. The Kier molecular flexibility index (Phi) is 6.10. The lowest BCUT2D eigenvalue weighted by Gasteiger charge is -2.13. The van der Waals surface area contributed by atoms with Gasteiger partial charge in [0.25, 0.3) is 5.91 Å². The molecule has 134 valence electrons. The molecule has 1 aliphatic heterocycles. The number of carboxylic acids is 1. The molecule has 0 aromatic heterocycles. The molecular formula is C17H21N3O5. The Morgan fingerprint density at radius 3 is 2.48 bits per heavy atom. The number of benzene rings is 1. The minimum Gasteiger partial charge on any atom is -0.481 e. The van der Waals surface area contributed by atoms with E-state index in [0.717, 1.165) is 0 Å². The summed E-state index contributed by atoms with van der Waals surface area (Å²) in [7, 11) is 0. The summed E-state index contributed by atoms with van der Waals surface area (Å²) in [5.74, 6) is -1.96. The number of hydrogen-bond donors (Lipinski definition) is 3. The van der Waals surface area contributed by atoms with Crippen LogP contribution in [0.4, 0.5) is 5.69 Å². The molecule has 8 heteroatoms. The second-order valence-corrected chi connectivity index (χ2v) is 5.80. The molecule has 1 aromatic rings. The van der Waals surface area contributed by atoms with Crippen LogP contribution in [0, 0.1) is 5.92 Å². The normalized spacial score (nSPS) is 16.6. The maximum atomic E-state index is 12.2. The van der Waals surface area contributed by atoms with Crippen LogP contribution in [0.25, 0.3) is 0 Å². The third-order valence-electron chi connectivity index (χ3n) is 4.01. The van der Waals surface area contributed by atoms with Crippen molar-refractivity contribution < 1.29 is 24.3 Å². The fraction of sp³-hybridized carbons (Fsp3) is 0.412. The summed E-state index contributed by atoms with van der Waals surface area (Å²) in [6, 6.07) is 6.28. The molecular weight excluding hydrogens is 326 g/mol. The maximum Gasteiger partial charge on any atom is 0.305 e. The highest BCUT2D eigenvalue weighted by molar-refractivity contribution is 5.98. The van der Waals surface area contributed by atoms with Gasteiger partial charge in [-0.1, -0.05) is 0 Å². The molecule has 3 amide bonds. The number of hydrogen-bond acceptors (Lipinski definition) is 4. The van der Waals surface area contributed by atoms with Crippen LogP contribution in [0.3, 0.4) is 0 Å². The van der Waals surface area contributed by atoms with Crippen LogP contribution in [-0.4, -0.2) is 53.3 Å². The summed E-state index contributed by atoms with van der Waals surface area (Å²) < 4.78 is 0. The Hall–Kier alpha value is -2.90. The fourth-order valence-electron chi connectivity index (χ4n) is 2.59. The van der Waals surface area contributed by atoms with Gasteiger partial charge in [0.15, 0.2) is 0 Å². The molecule has 8 nitrogen and oxygen atoms in total. The lowest BCUT2D eigenvalue weighted by Crippen LogP contribution is -2.28. The number of rotatable bonds is 7. The van der Waals surface area contributed by atoms with E-state index in [4.69, 9.17) is 5.11 Å². The van der Waals surface area contributed by atoms with Crippen LogP contribution in [0.2, 0.25) is 0 Å². The van der Waals surface area contributed by atoms with Crippen molar-refractivity contribution in [1.29, 1.82) is 0 Å². The van der Waals surface area contributed by atoms with Crippen molar-refractivity contribution in [2.24, 2.45) is 5.92 Å².